The van der Waals surface area contributed by atoms with Crippen LogP contribution >= 0.6 is 23.2 Å². The van der Waals surface area contributed by atoms with Gasteiger partial charge in [0.05, 0.1) is 17.4 Å². The number of aliphatic carboxylic acids is 1. The van der Waals surface area contributed by atoms with Gasteiger partial charge in [-0.3, -0.25) is 9.79 Å². The third kappa shape index (κ3) is 2.92. The van der Waals surface area contributed by atoms with Gasteiger partial charge in [-0.25, -0.2) is 0 Å². The predicted octanol–water partition coefficient (Wildman–Crippen LogP) is 4.95. The molecule has 23 heavy (non-hydrogen) atoms. The van der Waals surface area contributed by atoms with Crippen molar-refractivity contribution in [3.63, 3.8) is 0 Å². The lowest BCUT2D eigenvalue weighted by Gasteiger charge is -2.26. The Kier molecular flexibility index (Phi) is 4.28. The zero-order valence-electron chi connectivity index (χ0n) is 12.3. The Morgan fingerprint density at radius 3 is 2.43 bits per heavy atom. The van der Waals surface area contributed by atoms with Crippen molar-refractivity contribution >= 4 is 46.3 Å². The van der Waals surface area contributed by atoms with E-state index in [0.717, 1.165) is 5.69 Å². The second kappa shape index (κ2) is 6.22. The average Bonchev–Trinajstić information content (AvgIpc) is 2.62. The second-order valence-corrected chi connectivity index (χ2v) is 6.16. The molecule has 118 valence electrons. The van der Waals surface area contributed by atoms with E-state index >= 15 is 0 Å². The normalized spacial score (nSPS) is 20.0. The average molecular weight is 349 g/mol. The van der Waals surface area contributed by atoms with Crippen LogP contribution in [0.4, 0.5) is 11.4 Å². The molecular formula is C17H14Cl2N2O2. The van der Waals surface area contributed by atoms with Gasteiger partial charge in [0.15, 0.2) is 0 Å². The number of carboxylic acid groups (broad SMARTS) is 1. The Bertz CT molecular complexity index is 785. The van der Waals surface area contributed by atoms with Crippen molar-refractivity contribution in [3.05, 3.63) is 58.1 Å². The van der Waals surface area contributed by atoms with E-state index in [0.29, 0.717) is 27.0 Å². The Morgan fingerprint density at radius 1 is 1.13 bits per heavy atom. The fourth-order valence-corrected chi connectivity index (χ4v) is 3.45. The minimum atomic E-state index is -0.979. The van der Waals surface area contributed by atoms with E-state index in [4.69, 9.17) is 23.2 Å². The highest BCUT2D eigenvalue weighted by Gasteiger charge is 2.36. The number of nitrogens with one attached hydrogen (secondary N) is 1. The molecule has 2 atom stereocenters. The van der Waals surface area contributed by atoms with Gasteiger partial charge in [0.1, 0.15) is 5.92 Å². The van der Waals surface area contributed by atoms with E-state index in [1.54, 1.807) is 25.1 Å². The predicted molar refractivity (Wildman–Crippen MR) is 93.2 cm³/mol. The van der Waals surface area contributed by atoms with Crippen LogP contribution in [-0.2, 0) is 4.79 Å². The van der Waals surface area contributed by atoms with Crippen molar-refractivity contribution in [1.82, 2.24) is 0 Å². The molecule has 0 fully saturated rings. The molecular weight excluding hydrogens is 335 g/mol. The molecule has 1 aliphatic heterocycles. The number of carbonyl (C=O) groups is 1. The lowest BCUT2D eigenvalue weighted by atomic mass is 9.89. The van der Waals surface area contributed by atoms with Crippen LogP contribution in [0, 0.1) is 5.92 Å². The van der Waals surface area contributed by atoms with Gasteiger partial charge >= 0.3 is 5.97 Å². The van der Waals surface area contributed by atoms with E-state index in [1.165, 1.54) is 0 Å². The van der Waals surface area contributed by atoms with E-state index in [9.17, 15) is 9.90 Å². The third-order valence-electron chi connectivity index (χ3n) is 3.87. The number of halogens is 2. The molecule has 6 heteroatoms. The van der Waals surface area contributed by atoms with E-state index in [-0.39, 0.29) is 0 Å². The van der Waals surface area contributed by atoms with Gasteiger partial charge in [-0.1, -0.05) is 41.4 Å². The molecule has 2 aromatic rings. The van der Waals surface area contributed by atoms with Crippen LogP contribution in [0.15, 0.2) is 47.5 Å². The minimum Gasteiger partial charge on any atom is -0.481 e. The highest BCUT2D eigenvalue weighted by molar-refractivity contribution is 6.36. The minimum absolute atomic E-state index is 0.424. The number of aliphatic imine (C=N–C) groups is 1. The molecule has 0 saturated carbocycles. The SMILES string of the molecule is CC1=Nc2ccccc2NC(c2c(Cl)cccc2Cl)C1C(=O)O. The van der Waals surface area contributed by atoms with Crippen LogP contribution in [0.3, 0.4) is 0 Å². The van der Waals surface area contributed by atoms with Crippen LogP contribution in [0.25, 0.3) is 0 Å². The fraction of sp³-hybridized carbons (Fsp3) is 0.176. The fourth-order valence-electron chi connectivity index (χ4n) is 2.81. The van der Waals surface area contributed by atoms with Crippen molar-refractivity contribution < 1.29 is 9.90 Å². The van der Waals surface area contributed by atoms with Crippen molar-refractivity contribution in [2.75, 3.05) is 5.32 Å². The number of benzene rings is 2. The molecule has 2 N–H and O–H groups in total. The van der Waals surface area contributed by atoms with Crippen LogP contribution in [0.1, 0.15) is 18.5 Å². The molecule has 0 saturated heterocycles. The van der Waals surface area contributed by atoms with Crippen molar-refractivity contribution in [3.8, 4) is 0 Å². The number of nitrogens with zero attached hydrogens (tertiary/aromatic N) is 1. The summed E-state index contributed by atoms with van der Waals surface area (Å²) < 4.78 is 0. The highest BCUT2D eigenvalue weighted by Crippen LogP contribution is 2.41. The second-order valence-electron chi connectivity index (χ2n) is 5.34. The maximum absolute atomic E-state index is 11.9. The maximum atomic E-state index is 11.9. The highest BCUT2D eigenvalue weighted by atomic mass is 35.5. The molecule has 2 aromatic carbocycles. The summed E-state index contributed by atoms with van der Waals surface area (Å²) in [4.78, 5) is 16.3. The van der Waals surface area contributed by atoms with Crippen LogP contribution in [-0.4, -0.2) is 16.8 Å². The summed E-state index contributed by atoms with van der Waals surface area (Å²) in [6.45, 7) is 1.71. The van der Waals surface area contributed by atoms with Crippen molar-refractivity contribution in [2.45, 2.75) is 13.0 Å². The lowest BCUT2D eigenvalue weighted by molar-refractivity contribution is -0.139. The zero-order chi connectivity index (χ0) is 16.6. The first-order valence-corrected chi connectivity index (χ1v) is 7.82. The summed E-state index contributed by atoms with van der Waals surface area (Å²) in [5.74, 6) is -1.85. The quantitative estimate of drug-likeness (QED) is 0.806. The van der Waals surface area contributed by atoms with E-state index in [2.05, 4.69) is 10.3 Å². The van der Waals surface area contributed by atoms with Crippen LogP contribution in [0.5, 0.6) is 0 Å². The molecule has 4 nitrogen and oxygen atoms in total. The molecule has 0 radical (unpaired) electrons. The Morgan fingerprint density at radius 2 is 1.78 bits per heavy atom. The van der Waals surface area contributed by atoms with Gasteiger partial charge in [-0.2, -0.15) is 0 Å². The number of carboxylic acids is 1. The number of rotatable bonds is 2. The van der Waals surface area contributed by atoms with Crippen LogP contribution < -0.4 is 5.32 Å². The Hall–Kier alpha value is -2.04. The zero-order valence-corrected chi connectivity index (χ0v) is 13.8. The van der Waals surface area contributed by atoms with Gasteiger partial charge in [0.2, 0.25) is 0 Å². The molecule has 0 aromatic heterocycles. The van der Waals surface area contributed by atoms with Crippen molar-refractivity contribution in [1.29, 1.82) is 0 Å². The molecule has 3 rings (SSSR count). The molecule has 0 spiro atoms. The van der Waals surface area contributed by atoms with Crippen molar-refractivity contribution in [2.24, 2.45) is 10.9 Å². The standard InChI is InChI=1S/C17H14Cl2N2O2/c1-9-14(17(22)23)16(15-10(18)5-4-6-11(15)19)21-13-8-3-2-7-12(13)20-9/h2-8,14,16,21H,1H3,(H,22,23). The number of hydrogen-bond donors (Lipinski definition) is 2. The Balaban J connectivity index is 2.21. The van der Waals surface area contributed by atoms with E-state index in [1.807, 2.05) is 24.3 Å². The molecule has 1 aliphatic rings. The van der Waals surface area contributed by atoms with Gasteiger partial charge in [0, 0.05) is 21.3 Å². The monoisotopic (exact) mass is 348 g/mol. The topological polar surface area (TPSA) is 61.7 Å². The molecule has 0 aliphatic carbocycles. The lowest BCUT2D eigenvalue weighted by Crippen LogP contribution is -2.32. The number of hydrogen-bond acceptors (Lipinski definition) is 3. The largest absolute Gasteiger partial charge is 0.481 e. The van der Waals surface area contributed by atoms with Crippen LogP contribution in [0.2, 0.25) is 10.0 Å². The van der Waals surface area contributed by atoms with Gasteiger partial charge < -0.3 is 10.4 Å². The summed E-state index contributed by atoms with van der Waals surface area (Å²) in [5.41, 5.74) is 2.50. The first-order chi connectivity index (χ1) is 11.0. The number of fused-ring (bicyclic) bond motifs is 1. The molecule has 1 heterocycles. The number of para-hydroxylation sites is 2. The maximum Gasteiger partial charge on any atom is 0.314 e. The summed E-state index contributed by atoms with van der Waals surface area (Å²) in [6.07, 6.45) is 0. The molecule has 0 amide bonds. The smallest absolute Gasteiger partial charge is 0.314 e. The first-order valence-electron chi connectivity index (χ1n) is 7.06. The summed E-state index contributed by atoms with van der Waals surface area (Å²) in [7, 11) is 0. The van der Waals surface area contributed by atoms with E-state index < -0.39 is 17.9 Å². The third-order valence-corrected chi connectivity index (χ3v) is 4.53. The summed E-state index contributed by atoms with van der Waals surface area (Å²) in [6, 6.07) is 11.9. The molecule has 2 unspecified atom stereocenters. The summed E-state index contributed by atoms with van der Waals surface area (Å²) >= 11 is 12.6. The Labute approximate surface area is 143 Å². The van der Waals surface area contributed by atoms with Gasteiger partial charge in [-0.05, 0) is 31.2 Å². The van der Waals surface area contributed by atoms with Gasteiger partial charge in [0.25, 0.3) is 0 Å². The number of anilines is 1. The molecule has 0 bridgehead atoms. The van der Waals surface area contributed by atoms with Gasteiger partial charge in [-0.15, -0.1) is 0 Å². The first kappa shape index (κ1) is 15.8. The summed E-state index contributed by atoms with van der Waals surface area (Å²) in [5, 5.41) is 13.8.